The second kappa shape index (κ2) is 13.0. The summed E-state index contributed by atoms with van der Waals surface area (Å²) in [5.74, 6) is -7.12. The second-order valence-corrected chi connectivity index (χ2v) is 10.3. The van der Waals surface area contributed by atoms with Crippen molar-refractivity contribution in [3.05, 3.63) is 94.0 Å². The molecule has 0 aliphatic carbocycles. The van der Waals surface area contributed by atoms with Crippen LogP contribution in [0.15, 0.2) is 66.2 Å². The van der Waals surface area contributed by atoms with Gasteiger partial charge in [-0.2, -0.15) is 9.07 Å². The van der Waals surface area contributed by atoms with Gasteiger partial charge >= 0.3 is 12.1 Å². The zero-order chi connectivity index (χ0) is 32.2. The quantitative estimate of drug-likeness (QED) is 0.106. The van der Waals surface area contributed by atoms with E-state index < -0.39 is 59.1 Å². The Labute approximate surface area is 258 Å². The molecule has 1 aromatic carbocycles. The summed E-state index contributed by atoms with van der Waals surface area (Å²) in [6.07, 6.45) is 1.46. The number of carbonyl (C=O) groups excluding carboxylic acids is 3. The minimum absolute atomic E-state index is 0.108. The van der Waals surface area contributed by atoms with E-state index in [0.29, 0.717) is 34.0 Å². The number of amides is 1. The number of anilines is 1. The van der Waals surface area contributed by atoms with Gasteiger partial charge < -0.3 is 14.4 Å². The van der Waals surface area contributed by atoms with Crippen LogP contribution in [0.3, 0.4) is 0 Å². The van der Waals surface area contributed by atoms with Crippen molar-refractivity contribution >= 4 is 41.0 Å². The summed E-state index contributed by atoms with van der Waals surface area (Å²) in [5.41, 5.74) is 0.924. The largest absolute Gasteiger partial charge is 0.481 e. The number of tetrazole rings is 1. The molecule has 5 rings (SSSR count). The van der Waals surface area contributed by atoms with Crippen molar-refractivity contribution in [1.82, 2.24) is 29.8 Å². The third-order valence-electron chi connectivity index (χ3n) is 7.07. The van der Waals surface area contributed by atoms with Crippen LogP contribution >= 0.6 is 11.6 Å². The molecule has 1 amide bonds. The van der Waals surface area contributed by atoms with Crippen molar-refractivity contribution in [2.45, 2.75) is 25.3 Å². The Morgan fingerprint density at radius 1 is 1.20 bits per heavy atom. The number of halogens is 2. The van der Waals surface area contributed by atoms with Gasteiger partial charge in [-0.05, 0) is 65.2 Å². The van der Waals surface area contributed by atoms with Gasteiger partial charge in [-0.3, -0.25) is 24.5 Å². The maximum Gasteiger partial charge on any atom is 0.413 e. The van der Waals surface area contributed by atoms with Crippen molar-refractivity contribution in [2.75, 3.05) is 11.9 Å². The molecule has 14 nitrogen and oxygen atoms in total. The molecule has 2 N–H and O–H groups in total. The number of Topliss-reactive ketones (excluding diaryl/α,β-unsaturated/α-hetero) is 2. The number of fused-ring (bicyclic) bond motifs is 1. The first-order valence-electron chi connectivity index (χ1n) is 13.4. The maximum absolute atomic E-state index is 14.8. The molecule has 0 fully saturated rings. The average molecular weight is 636 g/mol. The minimum atomic E-state index is -1.95. The third-order valence-corrected chi connectivity index (χ3v) is 7.30. The summed E-state index contributed by atoms with van der Waals surface area (Å²) >= 11 is 6.23. The van der Waals surface area contributed by atoms with E-state index in [2.05, 4.69) is 32.4 Å². The predicted molar refractivity (Wildman–Crippen MR) is 156 cm³/mol. The first-order chi connectivity index (χ1) is 21.6. The summed E-state index contributed by atoms with van der Waals surface area (Å²) in [6.45, 7) is 3.28. The normalized spacial score (nSPS) is 14.3. The molecule has 2 unspecified atom stereocenters. The van der Waals surface area contributed by atoms with Crippen molar-refractivity contribution in [3.63, 3.8) is 0 Å². The minimum Gasteiger partial charge on any atom is -0.481 e. The predicted octanol–water partition coefficient (Wildman–Crippen LogP) is 3.44. The number of hydrogen-bond acceptors (Lipinski definition) is 10. The number of nitrogens with zero attached hydrogens (tertiary/aromatic N) is 6. The monoisotopic (exact) mass is 635 g/mol. The van der Waals surface area contributed by atoms with E-state index in [1.54, 1.807) is 24.3 Å². The van der Waals surface area contributed by atoms with Gasteiger partial charge in [0.05, 0.1) is 17.3 Å². The van der Waals surface area contributed by atoms with Crippen molar-refractivity contribution in [2.24, 2.45) is 5.92 Å². The molecular formula is C29H23ClFN7O7. The lowest BCUT2D eigenvalue weighted by Gasteiger charge is -2.17. The molecule has 3 aromatic heterocycles. The molecule has 0 saturated heterocycles. The van der Waals surface area contributed by atoms with E-state index in [4.69, 9.17) is 16.3 Å². The zero-order valence-corrected chi connectivity index (χ0v) is 24.0. The number of aliphatic carboxylic acids is 1. The van der Waals surface area contributed by atoms with Gasteiger partial charge in [0.25, 0.3) is 5.56 Å². The number of ether oxygens (including phenoxy) is 1. The number of carboxylic acid groups (broad SMARTS) is 1. The van der Waals surface area contributed by atoms with E-state index in [1.165, 1.54) is 27.7 Å². The van der Waals surface area contributed by atoms with Crippen LogP contribution in [0.5, 0.6) is 0 Å². The highest BCUT2D eigenvalue weighted by Crippen LogP contribution is 2.33. The lowest BCUT2D eigenvalue weighted by Crippen LogP contribution is -2.33. The Kier molecular flexibility index (Phi) is 8.90. The van der Waals surface area contributed by atoms with Crippen LogP contribution in [0.4, 0.5) is 15.0 Å². The molecule has 230 valence electrons. The number of benzene rings is 1. The molecule has 2 atom stereocenters. The van der Waals surface area contributed by atoms with E-state index in [-0.39, 0.29) is 18.8 Å². The molecule has 0 spiro atoms. The maximum atomic E-state index is 14.8. The van der Waals surface area contributed by atoms with Crippen LogP contribution in [-0.4, -0.2) is 65.1 Å². The smallest absolute Gasteiger partial charge is 0.413 e. The fourth-order valence-corrected chi connectivity index (χ4v) is 5.22. The highest BCUT2D eigenvalue weighted by Gasteiger charge is 2.37. The molecule has 4 aromatic rings. The van der Waals surface area contributed by atoms with E-state index >= 15 is 0 Å². The van der Waals surface area contributed by atoms with Gasteiger partial charge in [-0.1, -0.05) is 24.3 Å². The molecule has 4 heterocycles. The lowest BCUT2D eigenvalue weighted by atomic mass is 9.91. The number of rotatable bonds is 11. The van der Waals surface area contributed by atoms with E-state index in [1.807, 2.05) is 0 Å². The fraction of sp³-hybridized carbons (Fsp3) is 0.207. The number of aryl methyl sites for hydroxylation is 1. The number of carboxylic acids is 1. The van der Waals surface area contributed by atoms with Gasteiger partial charge in [0.2, 0.25) is 5.95 Å². The molecular weight excluding hydrogens is 613 g/mol. The highest BCUT2D eigenvalue weighted by atomic mass is 35.5. The van der Waals surface area contributed by atoms with Crippen LogP contribution in [0, 0.1) is 11.9 Å². The Bertz CT molecular complexity index is 1890. The number of hydrogen-bond donors (Lipinski definition) is 2. The van der Waals surface area contributed by atoms with Gasteiger partial charge in [-0.25, -0.2) is 9.78 Å². The Balaban J connectivity index is 1.37. The zero-order valence-electron chi connectivity index (χ0n) is 23.2. The molecule has 1 aliphatic rings. The van der Waals surface area contributed by atoms with Crippen molar-refractivity contribution in [1.29, 1.82) is 0 Å². The summed E-state index contributed by atoms with van der Waals surface area (Å²) in [6, 6.07) is 9.02. The molecule has 1 aliphatic heterocycles. The number of ketones is 2. The molecule has 45 heavy (non-hydrogen) atoms. The van der Waals surface area contributed by atoms with Gasteiger partial charge in [0.1, 0.15) is 24.7 Å². The van der Waals surface area contributed by atoms with E-state index in [9.17, 15) is 33.5 Å². The Hall–Kier alpha value is -5.57. The van der Waals surface area contributed by atoms with Gasteiger partial charge in [-0.15, -0.1) is 5.10 Å². The van der Waals surface area contributed by atoms with Crippen LogP contribution < -0.4 is 10.9 Å². The third kappa shape index (κ3) is 6.52. The van der Waals surface area contributed by atoms with E-state index in [0.717, 1.165) is 12.1 Å². The van der Waals surface area contributed by atoms with Gasteiger partial charge in [0, 0.05) is 28.8 Å². The standard InChI is InChI=1S/C29H23ClFN7O7/c1-2-9-45-29(44)34-24-8-5-18(27(31)33-24)26(41)20(28(42)43)13-23(39)22-7-4-17-10-15(11-25(40)38(17)22)19-12-16(30)3-6-21(19)37-14-32-35-36-37/h2-3,5-6,8,10-12,14,20,22H,1,4,7,9,13H2,(H,42,43)(H,33,34,44). The lowest BCUT2D eigenvalue weighted by molar-refractivity contribution is -0.142. The summed E-state index contributed by atoms with van der Waals surface area (Å²) in [4.78, 5) is 67.0. The number of aromatic nitrogens is 6. The number of carbonyl (C=O) groups is 4. The molecule has 0 saturated carbocycles. The van der Waals surface area contributed by atoms with Gasteiger partial charge in [0.15, 0.2) is 11.6 Å². The topological polar surface area (TPSA) is 188 Å². The van der Waals surface area contributed by atoms with Crippen LogP contribution in [-0.2, 0) is 20.7 Å². The van der Waals surface area contributed by atoms with Crippen molar-refractivity contribution in [3.8, 4) is 16.8 Å². The number of nitrogens with one attached hydrogen (secondary N) is 1. The fourth-order valence-electron chi connectivity index (χ4n) is 5.05. The number of pyridine rings is 2. The average Bonchev–Trinajstić information content (AvgIpc) is 3.69. The SMILES string of the molecule is C=CCOC(=O)Nc1ccc(C(=O)C(CC(=O)C2CCc3cc(-c4cc(Cl)ccc4-n4cnnn4)cc(=O)n32)C(=O)O)c(F)n1. The Morgan fingerprint density at radius 3 is 2.69 bits per heavy atom. The molecule has 0 bridgehead atoms. The Morgan fingerprint density at radius 2 is 2.00 bits per heavy atom. The van der Waals surface area contributed by atoms with Crippen LogP contribution in [0.2, 0.25) is 5.02 Å². The van der Waals surface area contributed by atoms with Crippen LogP contribution in [0.25, 0.3) is 16.8 Å². The summed E-state index contributed by atoms with van der Waals surface area (Å²) < 4.78 is 22.1. The first-order valence-corrected chi connectivity index (χ1v) is 13.7. The van der Waals surface area contributed by atoms with Crippen LogP contribution in [0.1, 0.15) is 34.9 Å². The highest BCUT2D eigenvalue weighted by molar-refractivity contribution is 6.31. The molecule has 16 heteroatoms. The summed E-state index contributed by atoms with van der Waals surface area (Å²) in [7, 11) is 0. The molecule has 0 radical (unpaired) electrons. The van der Waals surface area contributed by atoms with Crippen molar-refractivity contribution < 1.29 is 33.4 Å². The summed E-state index contributed by atoms with van der Waals surface area (Å²) in [5, 5.41) is 23.5. The second-order valence-electron chi connectivity index (χ2n) is 9.89. The first kappa shape index (κ1) is 30.9.